The summed E-state index contributed by atoms with van der Waals surface area (Å²) < 4.78 is 0. The van der Waals surface area contributed by atoms with Gasteiger partial charge in [0.15, 0.2) is 0 Å². The van der Waals surface area contributed by atoms with Crippen LogP contribution < -0.4 is 5.73 Å². The van der Waals surface area contributed by atoms with E-state index in [4.69, 9.17) is 5.73 Å². The van der Waals surface area contributed by atoms with Crippen molar-refractivity contribution >= 4 is 11.8 Å². The van der Waals surface area contributed by atoms with Crippen LogP contribution in [0, 0.1) is 10.8 Å². The van der Waals surface area contributed by atoms with Crippen LogP contribution in [-0.4, -0.2) is 41.6 Å². The highest BCUT2D eigenvalue weighted by molar-refractivity contribution is 7.99. The second-order valence-corrected chi connectivity index (χ2v) is 9.11. The third-order valence-electron chi connectivity index (χ3n) is 4.63. The van der Waals surface area contributed by atoms with E-state index >= 15 is 0 Å². The number of hydrogen-bond donors (Lipinski definition) is 1. The number of nitrogens with zero attached hydrogens (tertiary/aromatic N) is 1. The Morgan fingerprint density at radius 3 is 1.89 bits per heavy atom. The first-order valence-electron chi connectivity index (χ1n) is 7.32. The van der Waals surface area contributed by atoms with Crippen molar-refractivity contribution in [2.75, 3.05) is 31.1 Å². The fourth-order valence-electron chi connectivity index (χ4n) is 4.80. The molecule has 0 aromatic carbocycles. The quantitative estimate of drug-likeness (QED) is 0.836. The summed E-state index contributed by atoms with van der Waals surface area (Å²) in [7, 11) is 0. The van der Waals surface area contributed by atoms with Crippen LogP contribution in [0.1, 0.15) is 47.0 Å². The maximum Gasteiger partial charge on any atom is 0.0342 e. The zero-order valence-corrected chi connectivity index (χ0v) is 13.4. The fraction of sp³-hybridized carbons (Fsp3) is 1.00. The van der Waals surface area contributed by atoms with Gasteiger partial charge in [0.1, 0.15) is 0 Å². The van der Waals surface area contributed by atoms with Crippen LogP contribution in [0.3, 0.4) is 0 Å². The molecule has 0 atom stereocenters. The molecule has 1 aliphatic heterocycles. The SMILES string of the molecule is CC1(C)CC(C)(C)CC(CN)(N2CCSCC2)C1. The highest BCUT2D eigenvalue weighted by Gasteiger charge is 2.49. The van der Waals surface area contributed by atoms with Gasteiger partial charge < -0.3 is 5.73 Å². The van der Waals surface area contributed by atoms with Crippen molar-refractivity contribution in [2.24, 2.45) is 16.6 Å². The van der Waals surface area contributed by atoms with E-state index in [0.717, 1.165) is 6.54 Å². The molecular formula is C15H30N2S. The normalized spacial score (nSPS) is 31.2. The third kappa shape index (κ3) is 3.05. The van der Waals surface area contributed by atoms with Crippen molar-refractivity contribution in [3.05, 3.63) is 0 Å². The average Bonchev–Trinajstić information content (AvgIpc) is 2.26. The predicted molar refractivity (Wildman–Crippen MR) is 82.1 cm³/mol. The minimum atomic E-state index is 0.256. The summed E-state index contributed by atoms with van der Waals surface area (Å²) in [6.07, 6.45) is 3.86. The summed E-state index contributed by atoms with van der Waals surface area (Å²) in [5, 5.41) is 0. The topological polar surface area (TPSA) is 29.3 Å². The molecule has 0 amide bonds. The van der Waals surface area contributed by atoms with E-state index in [1.54, 1.807) is 0 Å². The second kappa shape index (κ2) is 4.99. The molecule has 2 fully saturated rings. The van der Waals surface area contributed by atoms with Gasteiger partial charge in [-0.1, -0.05) is 27.7 Å². The van der Waals surface area contributed by atoms with Gasteiger partial charge in [-0.3, -0.25) is 4.90 Å². The van der Waals surface area contributed by atoms with Gasteiger partial charge in [0.05, 0.1) is 0 Å². The smallest absolute Gasteiger partial charge is 0.0342 e. The zero-order chi connectivity index (χ0) is 13.4. The molecule has 2 N–H and O–H groups in total. The van der Waals surface area contributed by atoms with Gasteiger partial charge in [-0.05, 0) is 30.1 Å². The highest BCUT2D eigenvalue weighted by Crippen LogP contribution is 2.52. The predicted octanol–water partition coefficient (Wildman–Crippen LogP) is 2.97. The molecule has 0 spiro atoms. The van der Waals surface area contributed by atoms with Gasteiger partial charge in [0.25, 0.3) is 0 Å². The molecule has 0 bridgehead atoms. The monoisotopic (exact) mass is 270 g/mol. The van der Waals surface area contributed by atoms with Gasteiger partial charge in [-0.15, -0.1) is 0 Å². The van der Waals surface area contributed by atoms with Crippen LogP contribution in [0.5, 0.6) is 0 Å². The molecule has 1 heterocycles. The molecule has 0 aromatic rings. The van der Waals surface area contributed by atoms with E-state index in [-0.39, 0.29) is 5.54 Å². The average molecular weight is 270 g/mol. The Balaban J connectivity index is 2.24. The Labute approximate surface area is 117 Å². The van der Waals surface area contributed by atoms with Crippen LogP contribution in [0.2, 0.25) is 0 Å². The van der Waals surface area contributed by atoms with E-state index in [9.17, 15) is 0 Å². The number of rotatable bonds is 2. The van der Waals surface area contributed by atoms with E-state index in [1.807, 2.05) is 0 Å². The van der Waals surface area contributed by atoms with Gasteiger partial charge in [0, 0.05) is 36.7 Å². The lowest BCUT2D eigenvalue weighted by Crippen LogP contribution is -2.62. The molecule has 106 valence electrons. The van der Waals surface area contributed by atoms with E-state index in [1.165, 1.54) is 43.9 Å². The number of hydrogen-bond acceptors (Lipinski definition) is 3. The lowest BCUT2D eigenvalue weighted by molar-refractivity contribution is -0.0394. The summed E-state index contributed by atoms with van der Waals surface area (Å²) in [4.78, 5) is 2.71. The Bertz CT molecular complexity index is 277. The van der Waals surface area contributed by atoms with Crippen LogP contribution >= 0.6 is 11.8 Å². The highest BCUT2D eigenvalue weighted by atomic mass is 32.2. The first-order chi connectivity index (χ1) is 8.29. The first kappa shape index (κ1) is 14.7. The molecule has 2 aliphatic rings. The van der Waals surface area contributed by atoms with Crippen LogP contribution in [0.4, 0.5) is 0 Å². The van der Waals surface area contributed by atoms with E-state index in [0.29, 0.717) is 10.8 Å². The van der Waals surface area contributed by atoms with Crippen molar-refractivity contribution in [1.29, 1.82) is 0 Å². The molecule has 1 saturated carbocycles. The molecule has 2 nitrogen and oxygen atoms in total. The number of thioether (sulfide) groups is 1. The van der Waals surface area contributed by atoms with Crippen LogP contribution in [0.15, 0.2) is 0 Å². The van der Waals surface area contributed by atoms with Crippen molar-refractivity contribution < 1.29 is 0 Å². The van der Waals surface area contributed by atoms with Gasteiger partial charge >= 0.3 is 0 Å². The van der Waals surface area contributed by atoms with Crippen molar-refractivity contribution in [2.45, 2.75) is 52.5 Å². The fourth-order valence-corrected chi connectivity index (χ4v) is 5.70. The van der Waals surface area contributed by atoms with Gasteiger partial charge in [0.2, 0.25) is 0 Å². The Morgan fingerprint density at radius 2 is 1.44 bits per heavy atom. The lowest BCUT2D eigenvalue weighted by atomic mass is 9.58. The molecule has 2 rings (SSSR count). The summed E-state index contributed by atoms with van der Waals surface area (Å²) in [5.41, 5.74) is 7.36. The van der Waals surface area contributed by atoms with Crippen molar-refractivity contribution in [1.82, 2.24) is 4.90 Å². The second-order valence-electron chi connectivity index (χ2n) is 7.89. The maximum atomic E-state index is 6.26. The minimum Gasteiger partial charge on any atom is -0.329 e. The largest absolute Gasteiger partial charge is 0.329 e. The third-order valence-corrected chi connectivity index (χ3v) is 5.58. The van der Waals surface area contributed by atoms with Gasteiger partial charge in [-0.2, -0.15) is 11.8 Å². The molecule has 1 aliphatic carbocycles. The molecular weight excluding hydrogens is 240 g/mol. The van der Waals surface area contributed by atoms with Crippen molar-refractivity contribution in [3.8, 4) is 0 Å². The Morgan fingerprint density at radius 1 is 0.944 bits per heavy atom. The summed E-state index contributed by atoms with van der Waals surface area (Å²) in [6, 6.07) is 0. The van der Waals surface area contributed by atoms with E-state index in [2.05, 4.69) is 44.4 Å². The molecule has 0 aromatic heterocycles. The van der Waals surface area contributed by atoms with Gasteiger partial charge in [-0.25, -0.2) is 0 Å². The Kier molecular flexibility index (Phi) is 4.07. The lowest BCUT2D eigenvalue weighted by Gasteiger charge is -2.57. The molecule has 3 heteroatoms. The first-order valence-corrected chi connectivity index (χ1v) is 8.47. The molecule has 0 radical (unpaired) electrons. The minimum absolute atomic E-state index is 0.256. The summed E-state index contributed by atoms with van der Waals surface area (Å²) >= 11 is 2.09. The standard InChI is InChI=1S/C15H30N2S/c1-13(2)9-14(3,4)11-15(10-13,12-16)17-5-7-18-8-6-17/h5-12,16H2,1-4H3. The van der Waals surface area contributed by atoms with Crippen molar-refractivity contribution in [3.63, 3.8) is 0 Å². The number of nitrogens with two attached hydrogens (primary N) is 1. The summed E-state index contributed by atoms with van der Waals surface area (Å²) in [6.45, 7) is 13.0. The molecule has 18 heavy (non-hydrogen) atoms. The molecule has 0 unspecified atom stereocenters. The Hall–Kier alpha value is 0.270. The maximum absolute atomic E-state index is 6.26. The van der Waals surface area contributed by atoms with Crippen LogP contribution in [0.25, 0.3) is 0 Å². The van der Waals surface area contributed by atoms with E-state index < -0.39 is 0 Å². The zero-order valence-electron chi connectivity index (χ0n) is 12.6. The molecule has 1 saturated heterocycles. The van der Waals surface area contributed by atoms with Crippen LogP contribution in [-0.2, 0) is 0 Å². The summed E-state index contributed by atoms with van der Waals surface area (Å²) in [5.74, 6) is 2.56.